The molecule has 2 bridgehead atoms. The Morgan fingerprint density at radius 3 is 2.55 bits per heavy atom. The van der Waals surface area contributed by atoms with Gasteiger partial charge < -0.3 is 24.4 Å². The van der Waals surface area contributed by atoms with Crippen LogP contribution in [0.5, 0.6) is 0 Å². The van der Waals surface area contributed by atoms with E-state index in [1.807, 2.05) is 51.1 Å². The lowest BCUT2D eigenvalue weighted by Gasteiger charge is -2.43. The van der Waals surface area contributed by atoms with Gasteiger partial charge in [-0.3, -0.25) is 14.4 Å². The second-order valence-electron chi connectivity index (χ2n) is 11.3. The lowest BCUT2D eigenvalue weighted by Crippen LogP contribution is -2.62. The van der Waals surface area contributed by atoms with Crippen LogP contribution in [0.25, 0.3) is 0 Å². The molecule has 3 aliphatic heterocycles. The van der Waals surface area contributed by atoms with Crippen molar-refractivity contribution in [1.29, 1.82) is 0 Å². The first-order valence-corrected chi connectivity index (χ1v) is 13.9. The Labute approximate surface area is 232 Å². The Hall–Kier alpha value is -2.49. The average Bonchev–Trinajstić information content (AvgIpc) is 3.47. The Bertz CT molecular complexity index is 1090. The van der Waals surface area contributed by atoms with Gasteiger partial charge in [0.15, 0.2) is 0 Å². The Morgan fingerprint density at radius 1 is 1.29 bits per heavy atom. The van der Waals surface area contributed by atoms with Gasteiger partial charge in [0, 0.05) is 16.9 Å². The van der Waals surface area contributed by atoms with Gasteiger partial charge in [-0.25, -0.2) is 0 Å². The Kier molecular flexibility index (Phi) is 8.21. The molecule has 206 valence electrons. The molecule has 3 aliphatic rings. The van der Waals surface area contributed by atoms with E-state index in [1.165, 1.54) is 11.0 Å². The van der Waals surface area contributed by atoms with E-state index in [9.17, 15) is 19.5 Å². The molecule has 3 fully saturated rings. The van der Waals surface area contributed by atoms with Crippen molar-refractivity contribution >= 4 is 33.7 Å². The number of rotatable bonds is 10. The van der Waals surface area contributed by atoms with E-state index < -0.39 is 47.1 Å². The molecule has 0 saturated carbocycles. The molecule has 0 radical (unpaired) electrons. The van der Waals surface area contributed by atoms with E-state index in [-0.39, 0.29) is 36.4 Å². The number of alkyl halides is 1. The van der Waals surface area contributed by atoms with E-state index in [0.29, 0.717) is 12.8 Å². The maximum absolute atomic E-state index is 14.5. The number of likely N-dealkylation sites (tertiary alicyclic amines) is 1. The van der Waals surface area contributed by atoms with Crippen molar-refractivity contribution < 1.29 is 29.0 Å². The van der Waals surface area contributed by atoms with Crippen LogP contribution < -0.4 is 0 Å². The molecule has 1 spiro atoms. The normalized spacial score (nSPS) is 30.6. The molecule has 2 amide bonds. The van der Waals surface area contributed by atoms with Crippen LogP contribution in [-0.4, -0.2) is 86.6 Å². The summed E-state index contributed by atoms with van der Waals surface area (Å²) in [6.07, 6.45) is 3.24. The number of halogens is 1. The van der Waals surface area contributed by atoms with E-state index in [2.05, 4.69) is 29.1 Å². The SMILES string of the molecule is C=CCOC(=O)[C@H]1[C@H]2C(=O)N([C@@H](CO)Cc3ccccc3)C(C(=O)N(CC=C)C(C)(C)C)C23CC(Br)[C@@H]1O3. The van der Waals surface area contributed by atoms with E-state index in [4.69, 9.17) is 9.47 Å². The van der Waals surface area contributed by atoms with Crippen molar-refractivity contribution in [3.05, 3.63) is 61.2 Å². The van der Waals surface area contributed by atoms with Crippen LogP contribution >= 0.6 is 15.9 Å². The van der Waals surface area contributed by atoms with Gasteiger partial charge in [-0.05, 0) is 39.2 Å². The molecule has 1 N–H and O–H groups in total. The quantitative estimate of drug-likeness (QED) is 0.256. The summed E-state index contributed by atoms with van der Waals surface area (Å²) in [6.45, 7) is 13.1. The molecule has 3 unspecified atom stereocenters. The minimum absolute atomic E-state index is 0.0133. The van der Waals surface area contributed by atoms with Crippen molar-refractivity contribution in [2.45, 2.75) is 67.8 Å². The minimum Gasteiger partial charge on any atom is -0.461 e. The summed E-state index contributed by atoms with van der Waals surface area (Å²) in [4.78, 5) is 44.9. The van der Waals surface area contributed by atoms with E-state index in [0.717, 1.165) is 5.56 Å². The van der Waals surface area contributed by atoms with Gasteiger partial charge in [0.1, 0.15) is 18.2 Å². The van der Waals surface area contributed by atoms with Crippen LogP contribution in [0.2, 0.25) is 0 Å². The number of esters is 1. The Morgan fingerprint density at radius 2 is 1.97 bits per heavy atom. The molecule has 7 atom stereocenters. The van der Waals surface area contributed by atoms with Crippen LogP contribution in [0.15, 0.2) is 55.6 Å². The number of carbonyl (C=O) groups is 3. The van der Waals surface area contributed by atoms with Crippen LogP contribution in [0.4, 0.5) is 0 Å². The standard InChI is InChI=1S/C29H37BrN2O6/c1-6-13-31(28(3,4)5)26(35)24-29-16-20(30)23(38-29)21(27(36)37-14-7-2)22(29)25(34)32(24)19(17-33)15-18-11-9-8-10-12-18/h6-12,19-24,33H,1-2,13-17H2,3-5H3/t19-,20?,21+,22+,23+,24?,29?/m1/s1. The van der Waals surface area contributed by atoms with Crippen LogP contribution in [0.3, 0.4) is 0 Å². The molecule has 3 saturated heterocycles. The van der Waals surface area contributed by atoms with Gasteiger partial charge in [0.2, 0.25) is 11.8 Å². The summed E-state index contributed by atoms with van der Waals surface area (Å²) in [5.74, 6) is -2.98. The first-order valence-electron chi connectivity index (χ1n) is 13.0. The largest absolute Gasteiger partial charge is 0.461 e. The number of hydrogen-bond donors (Lipinski definition) is 1. The zero-order valence-corrected chi connectivity index (χ0v) is 23.8. The molecule has 8 nitrogen and oxygen atoms in total. The molecule has 9 heteroatoms. The van der Waals surface area contributed by atoms with Gasteiger partial charge in [-0.2, -0.15) is 0 Å². The summed E-state index contributed by atoms with van der Waals surface area (Å²) in [6, 6.07) is 7.81. The number of amides is 2. The molecule has 3 heterocycles. The number of ether oxygens (including phenoxy) is 2. The molecule has 0 aliphatic carbocycles. The molecular formula is C29H37BrN2O6. The van der Waals surface area contributed by atoms with Crippen LogP contribution in [0, 0.1) is 11.8 Å². The first-order chi connectivity index (χ1) is 18.0. The van der Waals surface area contributed by atoms with Gasteiger partial charge >= 0.3 is 5.97 Å². The maximum atomic E-state index is 14.5. The number of carbonyl (C=O) groups excluding carboxylic acids is 3. The fraction of sp³-hybridized carbons (Fsp3) is 0.552. The van der Waals surface area contributed by atoms with Crippen LogP contribution in [0.1, 0.15) is 32.8 Å². The van der Waals surface area contributed by atoms with Crippen molar-refractivity contribution in [3.8, 4) is 0 Å². The fourth-order valence-electron chi connectivity index (χ4n) is 6.35. The number of aliphatic hydroxyl groups is 1. The van der Waals surface area contributed by atoms with Crippen molar-refractivity contribution in [3.63, 3.8) is 0 Å². The second kappa shape index (κ2) is 10.9. The predicted molar refractivity (Wildman–Crippen MR) is 146 cm³/mol. The highest BCUT2D eigenvalue weighted by Gasteiger charge is 2.77. The maximum Gasteiger partial charge on any atom is 0.312 e. The van der Waals surface area contributed by atoms with Crippen molar-refractivity contribution in [2.75, 3.05) is 19.8 Å². The third kappa shape index (κ3) is 4.73. The molecule has 1 aromatic rings. The summed E-state index contributed by atoms with van der Waals surface area (Å²) < 4.78 is 11.9. The minimum atomic E-state index is -1.24. The summed E-state index contributed by atoms with van der Waals surface area (Å²) in [7, 11) is 0. The summed E-state index contributed by atoms with van der Waals surface area (Å²) >= 11 is 3.66. The third-order valence-electron chi connectivity index (χ3n) is 7.88. The third-order valence-corrected chi connectivity index (χ3v) is 8.73. The zero-order valence-electron chi connectivity index (χ0n) is 22.2. The summed E-state index contributed by atoms with van der Waals surface area (Å²) in [5, 5.41) is 10.6. The second-order valence-corrected chi connectivity index (χ2v) is 12.4. The molecule has 0 aromatic heterocycles. The summed E-state index contributed by atoms with van der Waals surface area (Å²) in [5.41, 5.74) is -0.890. The molecule has 4 rings (SSSR count). The highest BCUT2D eigenvalue weighted by Crippen LogP contribution is 2.61. The van der Waals surface area contributed by atoms with Gasteiger partial charge in [-0.15, -0.1) is 6.58 Å². The number of fused-ring (bicyclic) bond motifs is 1. The Balaban J connectivity index is 1.83. The molecule has 1 aromatic carbocycles. The first kappa shape index (κ1) is 28.5. The number of benzene rings is 1. The highest BCUT2D eigenvalue weighted by atomic mass is 79.9. The lowest BCUT2D eigenvalue weighted by atomic mass is 9.70. The molecule has 38 heavy (non-hydrogen) atoms. The monoisotopic (exact) mass is 588 g/mol. The highest BCUT2D eigenvalue weighted by molar-refractivity contribution is 9.09. The number of nitrogens with zero attached hydrogens (tertiary/aromatic N) is 2. The smallest absolute Gasteiger partial charge is 0.312 e. The van der Waals surface area contributed by atoms with E-state index in [1.54, 1.807) is 11.0 Å². The van der Waals surface area contributed by atoms with Gasteiger partial charge in [-0.1, -0.05) is 65.0 Å². The molecular weight excluding hydrogens is 552 g/mol. The van der Waals surface area contributed by atoms with Crippen molar-refractivity contribution in [2.24, 2.45) is 11.8 Å². The topological polar surface area (TPSA) is 96.4 Å². The zero-order chi connectivity index (χ0) is 27.8. The number of aliphatic hydroxyl groups excluding tert-OH is 1. The predicted octanol–water partition coefficient (Wildman–Crippen LogP) is 2.88. The van der Waals surface area contributed by atoms with Crippen molar-refractivity contribution in [1.82, 2.24) is 9.80 Å². The van der Waals surface area contributed by atoms with Crippen LogP contribution in [-0.2, 0) is 30.3 Å². The lowest BCUT2D eigenvalue weighted by molar-refractivity contribution is -0.156. The fourth-order valence-corrected chi connectivity index (χ4v) is 7.30. The average molecular weight is 590 g/mol. The number of hydrogen-bond acceptors (Lipinski definition) is 6. The van der Waals surface area contributed by atoms with Gasteiger partial charge in [0.05, 0.1) is 30.6 Å². The van der Waals surface area contributed by atoms with E-state index >= 15 is 0 Å². The van der Waals surface area contributed by atoms with Gasteiger partial charge in [0.25, 0.3) is 0 Å².